The van der Waals surface area contributed by atoms with E-state index in [9.17, 15) is 0 Å². The number of nitrogens with two attached hydrogens (primary N) is 1. The van der Waals surface area contributed by atoms with Crippen molar-refractivity contribution in [3.05, 3.63) is 18.6 Å². The lowest BCUT2D eigenvalue weighted by atomic mass is 10.1. The second-order valence-electron chi connectivity index (χ2n) is 5.06. The van der Waals surface area contributed by atoms with Crippen LogP contribution < -0.4 is 16.0 Å². The Labute approximate surface area is 121 Å². The molecule has 8 heteroatoms. The predicted octanol–water partition coefficient (Wildman–Crippen LogP) is 0.146. The van der Waals surface area contributed by atoms with Crippen LogP contribution in [0.15, 0.2) is 18.6 Å². The first-order chi connectivity index (χ1) is 10.3. The lowest BCUT2D eigenvalue weighted by Gasteiger charge is -2.41. The van der Waals surface area contributed by atoms with Crippen LogP contribution in [0.1, 0.15) is 0 Å². The molecule has 108 valence electrons. The van der Waals surface area contributed by atoms with E-state index in [2.05, 4.69) is 30.2 Å². The highest BCUT2D eigenvalue weighted by Crippen LogP contribution is 2.31. The van der Waals surface area contributed by atoms with Crippen LogP contribution in [0.4, 0.5) is 17.5 Å². The number of hydrogen-bond acceptors (Lipinski definition) is 8. The van der Waals surface area contributed by atoms with Crippen LogP contribution in [0.25, 0.3) is 11.4 Å². The molecule has 21 heavy (non-hydrogen) atoms. The summed E-state index contributed by atoms with van der Waals surface area (Å²) in [4.78, 5) is 19.3. The molecular formula is C13H15N7O. The van der Waals surface area contributed by atoms with Gasteiger partial charge in [0.15, 0.2) is 11.6 Å². The van der Waals surface area contributed by atoms with Crippen LogP contribution in [0.5, 0.6) is 0 Å². The van der Waals surface area contributed by atoms with Crippen molar-refractivity contribution in [1.82, 2.24) is 19.9 Å². The van der Waals surface area contributed by atoms with Crippen LogP contribution >= 0.6 is 0 Å². The zero-order chi connectivity index (χ0) is 14.2. The fourth-order valence-electron chi connectivity index (χ4n) is 2.64. The van der Waals surface area contributed by atoms with Crippen LogP contribution in [0, 0.1) is 0 Å². The molecule has 0 amide bonds. The smallest absolute Gasteiger partial charge is 0.219 e. The molecule has 0 saturated carbocycles. The highest BCUT2D eigenvalue weighted by Gasteiger charge is 2.30. The van der Waals surface area contributed by atoms with Crippen LogP contribution in [0.2, 0.25) is 0 Å². The quantitative estimate of drug-likeness (QED) is 0.763. The van der Waals surface area contributed by atoms with E-state index < -0.39 is 0 Å². The Morgan fingerprint density at radius 3 is 2.95 bits per heavy atom. The zero-order valence-electron chi connectivity index (χ0n) is 11.4. The van der Waals surface area contributed by atoms with E-state index in [0.717, 1.165) is 43.4 Å². The minimum absolute atomic E-state index is 0.242. The Balaban J connectivity index is 1.74. The van der Waals surface area contributed by atoms with Gasteiger partial charge in [-0.15, -0.1) is 0 Å². The first-order valence-electron chi connectivity index (χ1n) is 6.84. The van der Waals surface area contributed by atoms with Crippen LogP contribution in [-0.2, 0) is 4.74 Å². The van der Waals surface area contributed by atoms with Crippen molar-refractivity contribution < 1.29 is 4.74 Å². The molecule has 8 nitrogen and oxygen atoms in total. The molecule has 1 unspecified atom stereocenters. The molecule has 1 saturated heterocycles. The van der Waals surface area contributed by atoms with Crippen molar-refractivity contribution in [1.29, 1.82) is 0 Å². The van der Waals surface area contributed by atoms with Crippen molar-refractivity contribution in [2.24, 2.45) is 0 Å². The van der Waals surface area contributed by atoms with Gasteiger partial charge in [-0.05, 0) is 0 Å². The van der Waals surface area contributed by atoms with Crippen molar-refractivity contribution >= 4 is 17.5 Å². The van der Waals surface area contributed by atoms with E-state index in [1.54, 1.807) is 18.6 Å². The molecule has 4 heterocycles. The van der Waals surface area contributed by atoms with Gasteiger partial charge in [0.05, 0.1) is 36.7 Å². The maximum absolute atomic E-state index is 5.52. The van der Waals surface area contributed by atoms with Gasteiger partial charge in [-0.1, -0.05) is 0 Å². The van der Waals surface area contributed by atoms with Crippen molar-refractivity contribution in [2.45, 2.75) is 6.04 Å². The summed E-state index contributed by atoms with van der Waals surface area (Å²) in [5.74, 6) is 1.76. The fourth-order valence-corrected chi connectivity index (χ4v) is 2.64. The van der Waals surface area contributed by atoms with Gasteiger partial charge in [0.1, 0.15) is 0 Å². The molecule has 0 radical (unpaired) electrons. The fraction of sp³-hybridized carbons (Fsp3) is 0.385. The average Bonchev–Trinajstić information content (AvgIpc) is 2.55. The molecule has 3 N–H and O–H groups in total. The topological polar surface area (TPSA) is 102 Å². The molecule has 2 aromatic rings. The number of rotatable bonds is 1. The van der Waals surface area contributed by atoms with Gasteiger partial charge in [0, 0.05) is 25.5 Å². The summed E-state index contributed by atoms with van der Waals surface area (Å²) in [6.07, 6.45) is 5.08. The molecule has 1 atom stereocenters. The first-order valence-corrected chi connectivity index (χ1v) is 6.84. The van der Waals surface area contributed by atoms with Gasteiger partial charge in [0.25, 0.3) is 0 Å². The number of nitrogens with one attached hydrogen (secondary N) is 1. The highest BCUT2D eigenvalue weighted by molar-refractivity contribution is 5.71. The molecule has 1 fully saturated rings. The molecule has 0 aromatic carbocycles. The lowest BCUT2D eigenvalue weighted by Crippen LogP contribution is -2.52. The largest absolute Gasteiger partial charge is 0.379 e. The van der Waals surface area contributed by atoms with Crippen molar-refractivity contribution in [3.8, 4) is 11.4 Å². The lowest BCUT2D eigenvalue weighted by molar-refractivity contribution is 0.0959. The van der Waals surface area contributed by atoms with Gasteiger partial charge >= 0.3 is 0 Å². The minimum atomic E-state index is 0.242. The number of hydrogen-bond donors (Lipinski definition) is 2. The van der Waals surface area contributed by atoms with E-state index in [1.165, 1.54) is 0 Å². The molecule has 0 aliphatic carbocycles. The molecular weight excluding hydrogens is 270 g/mol. The van der Waals surface area contributed by atoms with E-state index in [4.69, 9.17) is 10.5 Å². The molecule has 0 spiro atoms. The molecule has 2 aromatic heterocycles. The molecule has 0 bridgehead atoms. The summed E-state index contributed by atoms with van der Waals surface area (Å²) < 4.78 is 5.52. The maximum atomic E-state index is 5.52. The van der Waals surface area contributed by atoms with Gasteiger partial charge in [-0.3, -0.25) is 0 Å². The maximum Gasteiger partial charge on any atom is 0.219 e. The zero-order valence-corrected chi connectivity index (χ0v) is 11.4. The van der Waals surface area contributed by atoms with Gasteiger partial charge < -0.3 is 20.7 Å². The Hall–Kier alpha value is -2.48. The van der Waals surface area contributed by atoms with Gasteiger partial charge in [-0.2, -0.15) is 0 Å². The monoisotopic (exact) mass is 285 g/mol. The van der Waals surface area contributed by atoms with Crippen molar-refractivity contribution in [2.75, 3.05) is 42.3 Å². The number of fused-ring (bicyclic) bond motifs is 3. The first kappa shape index (κ1) is 12.3. The molecule has 4 rings (SSSR count). The van der Waals surface area contributed by atoms with E-state index in [-0.39, 0.29) is 5.95 Å². The molecule has 2 aliphatic rings. The Kier molecular flexibility index (Phi) is 2.81. The average molecular weight is 285 g/mol. The minimum Gasteiger partial charge on any atom is -0.379 e. The number of aromatic nitrogens is 4. The third kappa shape index (κ3) is 2.13. The van der Waals surface area contributed by atoms with E-state index in [1.807, 2.05) is 0 Å². The normalized spacial score (nSPS) is 20.4. The summed E-state index contributed by atoms with van der Waals surface area (Å²) in [5, 5.41) is 3.35. The van der Waals surface area contributed by atoms with Gasteiger partial charge in [-0.25, -0.2) is 19.9 Å². The Morgan fingerprint density at radius 2 is 2.10 bits per heavy atom. The SMILES string of the molecule is Nc1ncc(-c2ncc3c(n2)N2CCOCC2CN3)cn1. The van der Waals surface area contributed by atoms with E-state index >= 15 is 0 Å². The summed E-state index contributed by atoms with van der Waals surface area (Å²) >= 11 is 0. The number of anilines is 3. The molecule has 2 aliphatic heterocycles. The second kappa shape index (κ2) is 4.81. The standard InChI is InChI=1S/C13H15N7O/c14-13-17-3-8(4-18-13)11-16-6-10-12(19-11)20-1-2-21-7-9(20)5-15-10/h3-4,6,9,15H,1-2,5,7H2,(H2,14,17,18). The second-order valence-corrected chi connectivity index (χ2v) is 5.06. The number of nitrogens with zero attached hydrogens (tertiary/aromatic N) is 5. The number of morpholine rings is 1. The summed E-state index contributed by atoms with van der Waals surface area (Å²) in [5.41, 5.74) is 7.21. The third-order valence-electron chi connectivity index (χ3n) is 3.73. The predicted molar refractivity (Wildman–Crippen MR) is 77.9 cm³/mol. The summed E-state index contributed by atoms with van der Waals surface area (Å²) in [6, 6.07) is 0.316. The summed E-state index contributed by atoms with van der Waals surface area (Å²) in [7, 11) is 0. The number of nitrogen functional groups attached to an aromatic ring is 1. The number of ether oxygens (including phenoxy) is 1. The van der Waals surface area contributed by atoms with Gasteiger partial charge in [0.2, 0.25) is 5.95 Å². The van der Waals surface area contributed by atoms with Crippen molar-refractivity contribution in [3.63, 3.8) is 0 Å². The van der Waals surface area contributed by atoms with Crippen LogP contribution in [-0.4, -0.2) is 52.3 Å². The summed E-state index contributed by atoms with van der Waals surface area (Å²) in [6.45, 7) is 3.13. The van der Waals surface area contributed by atoms with E-state index in [0.29, 0.717) is 11.9 Å². The third-order valence-corrected chi connectivity index (χ3v) is 3.73. The highest BCUT2D eigenvalue weighted by atomic mass is 16.5. The van der Waals surface area contributed by atoms with Crippen LogP contribution in [0.3, 0.4) is 0 Å². The Morgan fingerprint density at radius 1 is 1.24 bits per heavy atom. The Bertz CT molecular complexity index is 660.